The Bertz CT molecular complexity index is 350. The molecule has 1 rings (SSSR count). The van der Waals surface area contributed by atoms with Crippen LogP contribution in [0.3, 0.4) is 0 Å². The summed E-state index contributed by atoms with van der Waals surface area (Å²) in [6.07, 6.45) is 4.11. The van der Waals surface area contributed by atoms with E-state index in [2.05, 4.69) is 6.07 Å². The summed E-state index contributed by atoms with van der Waals surface area (Å²) in [5, 5.41) is 8.67. The van der Waals surface area contributed by atoms with E-state index >= 15 is 0 Å². The Morgan fingerprint density at radius 3 is 2.56 bits per heavy atom. The molecule has 1 atom stereocenters. The van der Waals surface area contributed by atoms with Crippen molar-refractivity contribution in [2.75, 3.05) is 13.2 Å². The molecule has 3 N–H and O–H groups in total. The van der Waals surface area contributed by atoms with Gasteiger partial charge in [0.25, 0.3) is 0 Å². The van der Waals surface area contributed by atoms with Gasteiger partial charge in [-0.2, -0.15) is 0 Å². The average Bonchev–Trinajstić information content (AvgIpc) is 2.35. The Morgan fingerprint density at radius 2 is 1.94 bits per heavy atom. The third kappa shape index (κ3) is 5.07. The lowest BCUT2D eigenvalue weighted by Gasteiger charge is -2.12. The molecule has 0 heterocycles. The maximum absolute atomic E-state index is 8.67. The molecule has 0 amide bonds. The second-order valence-corrected chi connectivity index (χ2v) is 4.80. The Balaban J connectivity index is 2.34. The van der Waals surface area contributed by atoms with Crippen molar-refractivity contribution >= 4 is 0 Å². The van der Waals surface area contributed by atoms with Gasteiger partial charge in [-0.25, -0.2) is 0 Å². The van der Waals surface area contributed by atoms with E-state index in [9.17, 15) is 0 Å². The van der Waals surface area contributed by atoms with E-state index < -0.39 is 0 Å². The van der Waals surface area contributed by atoms with Crippen molar-refractivity contribution in [3.05, 3.63) is 29.3 Å². The third-order valence-electron chi connectivity index (χ3n) is 3.03. The van der Waals surface area contributed by atoms with Gasteiger partial charge in [-0.05, 0) is 50.3 Å². The Labute approximate surface area is 110 Å². The van der Waals surface area contributed by atoms with E-state index in [0.29, 0.717) is 6.61 Å². The molecule has 0 unspecified atom stereocenters. The van der Waals surface area contributed by atoms with Crippen molar-refractivity contribution in [3.8, 4) is 5.75 Å². The zero-order chi connectivity index (χ0) is 13.4. The summed E-state index contributed by atoms with van der Waals surface area (Å²) < 4.78 is 5.75. The van der Waals surface area contributed by atoms with Crippen LogP contribution in [0, 0.1) is 6.92 Å². The molecule has 1 aromatic carbocycles. The smallest absolute Gasteiger partial charge is 0.122 e. The van der Waals surface area contributed by atoms with Gasteiger partial charge >= 0.3 is 0 Å². The van der Waals surface area contributed by atoms with Crippen LogP contribution in [0.25, 0.3) is 0 Å². The van der Waals surface area contributed by atoms with Crippen molar-refractivity contribution in [2.24, 2.45) is 5.73 Å². The lowest BCUT2D eigenvalue weighted by Crippen LogP contribution is -2.06. The highest BCUT2D eigenvalue weighted by Crippen LogP contribution is 2.22. The number of aryl methyl sites for hydroxylation is 1. The Morgan fingerprint density at radius 1 is 1.22 bits per heavy atom. The van der Waals surface area contributed by atoms with Crippen molar-refractivity contribution in [2.45, 2.75) is 45.6 Å². The number of rotatable bonds is 8. The molecule has 102 valence electrons. The average molecular weight is 251 g/mol. The summed E-state index contributed by atoms with van der Waals surface area (Å²) in [5.74, 6) is 0.946. The highest BCUT2D eigenvalue weighted by atomic mass is 16.5. The molecule has 0 saturated heterocycles. The molecule has 0 radical (unpaired) electrons. The summed E-state index contributed by atoms with van der Waals surface area (Å²) in [6.45, 7) is 5.06. The number of hydrogen-bond acceptors (Lipinski definition) is 3. The predicted octanol–water partition coefficient (Wildman–Crippen LogP) is 2.95. The summed E-state index contributed by atoms with van der Waals surface area (Å²) >= 11 is 0. The third-order valence-corrected chi connectivity index (χ3v) is 3.03. The van der Waals surface area contributed by atoms with Gasteiger partial charge < -0.3 is 15.6 Å². The topological polar surface area (TPSA) is 55.5 Å². The first-order valence-corrected chi connectivity index (χ1v) is 6.75. The lowest BCUT2D eigenvalue weighted by atomic mass is 10.1. The van der Waals surface area contributed by atoms with Crippen LogP contribution in [0.4, 0.5) is 0 Å². The van der Waals surface area contributed by atoms with Crippen LogP contribution in [0.5, 0.6) is 5.75 Å². The fraction of sp³-hybridized carbons (Fsp3) is 0.600. The van der Waals surface area contributed by atoms with Gasteiger partial charge in [0.1, 0.15) is 5.75 Å². The van der Waals surface area contributed by atoms with Gasteiger partial charge in [0.05, 0.1) is 6.61 Å². The largest absolute Gasteiger partial charge is 0.493 e. The fourth-order valence-corrected chi connectivity index (χ4v) is 1.87. The van der Waals surface area contributed by atoms with Crippen LogP contribution in [0.2, 0.25) is 0 Å². The molecule has 3 heteroatoms. The minimum absolute atomic E-state index is 0.0660. The number of benzene rings is 1. The number of aliphatic hydroxyl groups excluding tert-OH is 1. The van der Waals surface area contributed by atoms with Gasteiger partial charge in [-0.15, -0.1) is 0 Å². The minimum Gasteiger partial charge on any atom is -0.493 e. The van der Waals surface area contributed by atoms with Gasteiger partial charge in [-0.1, -0.05) is 18.6 Å². The van der Waals surface area contributed by atoms with Crippen LogP contribution in [0.15, 0.2) is 18.2 Å². The number of aliphatic hydroxyl groups is 1. The summed E-state index contributed by atoms with van der Waals surface area (Å²) in [5.41, 5.74) is 8.12. The molecule has 0 saturated carbocycles. The fourth-order valence-electron chi connectivity index (χ4n) is 1.87. The quantitative estimate of drug-likeness (QED) is 0.698. The monoisotopic (exact) mass is 251 g/mol. The normalized spacial score (nSPS) is 12.4. The molecule has 0 spiro atoms. The van der Waals surface area contributed by atoms with Crippen LogP contribution >= 0.6 is 0 Å². The van der Waals surface area contributed by atoms with Crippen molar-refractivity contribution in [1.82, 2.24) is 0 Å². The Kier molecular flexibility index (Phi) is 6.76. The number of nitrogens with two attached hydrogens (primary N) is 1. The summed E-state index contributed by atoms with van der Waals surface area (Å²) in [6, 6.07) is 6.18. The van der Waals surface area contributed by atoms with Gasteiger partial charge in [0.2, 0.25) is 0 Å². The summed E-state index contributed by atoms with van der Waals surface area (Å²) in [7, 11) is 0. The molecule has 1 aromatic rings. The standard InChI is InChI=1S/C15H25NO2/c1-12-11-14(13(2)16)7-8-15(12)18-10-6-4-3-5-9-17/h7-8,11,13,17H,3-6,9-10,16H2,1-2H3/t13-/m0/s1. The Hall–Kier alpha value is -1.06. The zero-order valence-electron chi connectivity index (χ0n) is 11.5. The van der Waals surface area contributed by atoms with E-state index in [0.717, 1.165) is 49.2 Å². The number of unbranched alkanes of at least 4 members (excludes halogenated alkanes) is 3. The SMILES string of the molecule is Cc1cc([C@H](C)N)ccc1OCCCCCCO. The van der Waals surface area contributed by atoms with Crippen molar-refractivity contribution in [3.63, 3.8) is 0 Å². The number of ether oxygens (including phenoxy) is 1. The first-order valence-electron chi connectivity index (χ1n) is 6.75. The highest BCUT2D eigenvalue weighted by molar-refractivity contribution is 5.37. The molecule has 0 aromatic heterocycles. The van der Waals surface area contributed by atoms with E-state index in [1.54, 1.807) is 0 Å². The molecule has 0 aliphatic carbocycles. The molecule has 0 aliphatic rings. The zero-order valence-corrected chi connectivity index (χ0v) is 11.5. The van der Waals surface area contributed by atoms with Crippen molar-refractivity contribution in [1.29, 1.82) is 0 Å². The molecular formula is C15H25NO2. The second kappa shape index (κ2) is 8.11. The molecule has 18 heavy (non-hydrogen) atoms. The first-order chi connectivity index (χ1) is 8.65. The molecule has 3 nitrogen and oxygen atoms in total. The van der Waals surface area contributed by atoms with Gasteiger partial charge in [-0.3, -0.25) is 0 Å². The predicted molar refractivity (Wildman–Crippen MR) is 74.8 cm³/mol. The summed E-state index contributed by atoms with van der Waals surface area (Å²) in [4.78, 5) is 0. The minimum atomic E-state index is 0.0660. The van der Waals surface area contributed by atoms with Crippen LogP contribution in [-0.2, 0) is 0 Å². The van der Waals surface area contributed by atoms with E-state index in [-0.39, 0.29) is 6.04 Å². The maximum Gasteiger partial charge on any atom is 0.122 e. The highest BCUT2D eigenvalue weighted by Gasteiger charge is 2.04. The number of hydrogen-bond donors (Lipinski definition) is 2. The first kappa shape index (κ1) is 15.0. The van der Waals surface area contributed by atoms with Crippen LogP contribution in [0.1, 0.15) is 49.8 Å². The van der Waals surface area contributed by atoms with Crippen LogP contribution < -0.4 is 10.5 Å². The van der Waals surface area contributed by atoms with E-state index in [1.165, 1.54) is 0 Å². The lowest BCUT2D eigenvalue weighted by molar-refractivity contribution is 0.273. The second-order valence-electron chi connectivity index (χ2n) is 4.80. The molecule has 0 bridgehead atoms. The van der Waals surface area contributed by atoms with Gasteiger partial charge in [0.15, 0.2) is 0 Å². The molecular weight excluding hydrogens is 226 g/mol. The van der Waals surface area contributed by atoms with Gasteiger partial charge in [0, 0.05) is 12.6 Å². The molecule has 0 fully saturated rings. The van der Waals surface area contributed by atoms with E-state index in [1.807, 2.05) is 26.0 Å². The van der Waals surface area contributed by atoms with E-state index in [4.69, 9.17) is 15.6 Å². The van der Waals surface area contributed by atoms with Crippen LogP contribution in [-0.4, -0.2) is 18.3 Å². The maximum atomic E-state index is 8.67. The van der Waals surface area contributed by atoms with Crippen molar-refractivity contribution < 1.29 is 9.84 Å². The molecule has 0 aliphatic heterocycles.